The number of esters is 2. The summed E-state index contributed by atoms with van der Waals surface area (Å²) in [6.07, 6.45) is 2.78. The summed E-state index contributed by atoms with van der Waals surface area (Å²) in [6, 6.07) is 10.0. The van der Waals surface area contributed by atoms with Gasteiger partial charge in [-0.15, -0.1) is 0 Å². The standard InChI is InChI=1S/C28H34BrNO5/c1-16(2)20-11-10-17(3)14-25(20)35-28(33)22-9-7-6-8-21(22)27(32)34-15-26(31)30-24-13-12-23(29)18(4)19(24)5/h6-9,12-13,16-17,20,25H,10-11,14-15H2,1-5H3,(H,30,31)/t17-,20-,25-/m1/s1. The molecule has 1 aliphatic rings. The fourth-order valence-corrected chi connectivity index (χ4v) is 5.04. The zero-order valence-corrected chi connectivity index (χ0v) is 22.6. The lowest BCUT2D eigenvalue weighted by atomic mass is 9.75. The van der Waals surface area contributed by atoms with Crippen molar-refractivity contribution in [3.05, 3.63) is 63.1 Å². The number of anilines is 1. The summed E-state index contributed by atoms with van der Waals surface area (Å²) in [5.41, 5.74) is 2.82. The van der Waals surface area contributed by atoms with E-state index in [1.54, 1.807) is 24.3 Å². The number of rotatable bonds is 7. The van der Waals surface area contributed by atoms with E-state index in [1.807, 2.05) is 19.9 Å². The van der Waals surface area contributed by atoms with Crippen molar-refractivity contribution < 1.29 is 23.9 Å². The van der Waals surface area contributed by atoms with Gasteiger partial charge in [-0.05, 0) is 79.8 Å². The highest BCUT2D eigenvalue weighted by Gasteiger charge is 2.34. The molecule has 0 radical (unpaired) electrons. The van der Waals surface area contributed by atoms with Gasteiger partial charge in [-0.2, -0.15) is 0 Å². The van der Waals surface area contributed by atoms with Crippen molar-refractivity contribution in [2.75, 3.05) is 11.9 Å². The van der Waals surface area contributed by atoms with Crippen molar-refractivity contribution in [3.63, 3.8) is 0 Å². The zero-order chi connectivity index (χ0) is 25.7. The summed E-state index contributed by atoms with van der Waals surface area (Å²) >= 11 is 3.46. The second-order valence-electron chi connectivity index (χ2n) is 9.78. The van der Waals surface area contributed by atoms with Crippen molar-refractivity contribution in [1.82, 2.24) is 0 Å². The first-order valence-electron chi connectivity index (χ1n) is 12.1. The zero-order valence-electron chi connectivity index (χ0n) is 21.0. The smallest absolute Gasteiger partial charge is 0.339 e. The minimum atomic E-state index is -0.742. The first kappa shape index (κ1) is 26.9. The van der Waals surface area contributed by atoms with Gasteiger partial charge in [0, 0.05) is 10.2 Å². The van der Waals surface area contributed by atoms with Crippen LogP contribution >= 0.6 is 15.9 Å². The number of hydrogen-bond acceptors (Lipinski definition) is 5. The highest BCUT2D eigenvalue weighted by atomic mass is 79.9. The van der Waals surface area contributed by atoms with E-state index >= 15 is 0 Å². The third kappa shape index (κ3) is 6.72. The van der Waals surface area contributed by atoms with Gasteiger partial charge in [0.15, 0.2) is 6.61 Å². The lowest BCUT2D eigenvalue weighted by Crippen LogP contribution is -2.36. The van der Waals surface area contributed by atoms with E-state index in [0.29, 0.717) is 23.4 Å². The molecular weight excluding hydrogens is 510 g/mol. The molecule has 0 heterocycles. The van der Waals surface area contributed by atoms with Crippen molar-refractivity contribution >= 4 is 39.5 Å². The fraction of sp³-hybridized carbons (Fsp3) is 0.464. The molecule has 0 bridgehead atoms. The molecule has 0 aromatic heterocycles. The van der Waals surface area contributed by atoms with Crippen molar-refractivity contribution in [2.45, 2.75) is 60.0 Å². The summed E-state index contributed by atoms with van der Waals surface area (Å²) in [7, 11) is 0. The van der Waals surface area contributed by atoms with Gasteiger partial charge in [-0.3, -0.25) is 4.79 Å². The van der Waals surface area contributed by atoms with Crippen LogP contribution in [0.25, 0.3) is 0 Å². The number of carbonyl (C=O) groups excluding carboxylic acids is 3. The van der Waals surface area contributed by atoms with Crippen molar-refractivity contribution in [1.29, 1.82) is 0 Å². The average molecular weight is 544 g/mol. The van der Waals surface area contributed by atoms with E-state index in [0.717, 1.165) is 34.9 Å². The quantitative estimate of drug-likeness (QED) is 0.404. The molecule has 3 rings (SSSR count). The molecule has 35 heavy (non-hydrogen) atoms. The van der Waals surface area contributed by atoms with Crippen LogP contribution in [0.4, 0.5) is 5.69 Å². The van der Waals surface area contributed by atoms with Crippen LogP contribution in [-0.4, -0.2) is 30.6 Å². The molecule has 0 aliphatic heterocycles. The molecular formula is C28H34BrNO5. The second-order valence-corrected chi connectivity index (χ2v) is 10.6. The normalized spacial score (nSPS) is 19.8. The molecule has 1 fully saturated rings. The van der Waals surface area contributed by atoms with E-state index in [2.05, 4.69) is 42.0 Å². The van der Waals surface area contributed by atoms with Gasteiger partial charge < -0.3 is 14.8 Å². The molecule has 0 unspecified atom stereocenters. The van der Waals surface area contributed by atoms with Crippen LogP contribution in [0, 0.1) is 31.6 Å². The van der Waals surface area contributed by atoms with Crippen LogP contribution in [0.3, 0.4) is 0 Å². The molecule has 2 aromatic rings. The van der Waals surface area contributed by atoms with Gasteiger partial charge in [-0.1, -0.05) is 55.3 Å². The summed E-state index contributed by atoms with van der Waals surface area (Å²) < 4.78 is 12.1. The molecule has 1 saturated carbocycles. The Balaban J connectivity index is 1.65. The minimum Gasteiger partial charge on any atom is -0.458 e. The predicted octanol–water partition coefficient (Wildman–Crippen LogP) is 6.48. The van der Waals surface area contributed by atoms with Gasteiger partial charge in [-0.25, -0.2) is 9.59 Å². The van der Waals surface area contributed by atoms with Crippen LogP contribution in [0.1, 0.15) is 71.9 Å². The van der Waals surface area contributed by atoms with Gasteiger partial charge >= 0.3 is 11.9 Å². The highest BCUT2D eigenvalue weighted by molar-refractivity contribution is 9.10. The molecule has 0 spiro atoms. The van der Waals surface area contributed by atoms with Crippen LogP contribution in [0.15, 0.2) is 40.9 Å². The third-order valence-electron chi connectivity index (χ3n) is 6.92. The van der Waals surface area contributed by atoms with Crippen LogP contribution < -0.4 is 5.32 Å². The van der Waals surface area contributed by atoms with E-state index in [9.17, 15) is 14.4 Å². The number of benzene rings is 2. The SMILES string of the molecule is Cc1c(Br)ccc(NC(=O)COC(=O)c2ccccc2C(=O)O[C@@H]2C[C@H](C)CC[C@@H]2C(C)C)c1C. The largest absolute Gasteiger partial charge is 0.458 e. The lowest BCUT2D eigenvalue weighted by Gasteiger charge is -2.36. The number of carbonyl (C=O) groups is 3. The Bertz CT molecular complexity index is 1100. The Hall–Kier alpha value is -2.67. The topological polar surface area (TPSA) is 81.7 Å². The maximum atomic E-state index is 13.1. The number of ether oxygens (including phenoxy) is 2. The Morgan fingerprint density at radius 1 is 1.00 bits per heavy atom. The molecule has 3 atom stereocenters. The lowest BCUT2D eigenvalue weighted by molar-refractivity contribution is -0.119. The van der Waals surface area contributed by atoms with Crippen LogP contribution in [0.5, 0.6) is 0 Å². The predicted molar refractivity (Wildman–Crippen MR) is 140 cm³/mol. The molecule has 2 aromatic carbocycles. The summed E-state index contributed by atoms with van der Waals surface area (Å²) in [6.45, 7) is 9.85. The number of hydrogen-bond donors (Lipinski definition) is 1. The van der Waals surface area contributed by atoms with Gasteiger partial charge in [0.1, 0.15) is 6.10 Å². The Morgan fingerprint density at radius 2 is 1.66 bits per heavy atom. The van der Waals surface area contributed by atoms with Crippen LogP contribution in [-0.2, 0) is 14.3 Å². The number of nitrogens with one attached hydrogen (secondary N) is 1. The van der Waals surface area contributed by atoms with Gasteiger partial charge in [0.2, 0.25) is 0 Å². The molecule has 1 amide bonds. The van der Waals surface area contributed by atoms with Crippen molar-refractivity contribution in [2.24, 2.45) is 17.8 Å². The second kappa shape index (κ2) is 11.8. The summed E-state index contributed by atoms with van der Waals surface area (Å²) in [5.74, 6) is -0.554. The number of amides is 1. The van der Waals surface area contributed by atoms with E-state index in [4.69, 9.17) is 9.47 Å². The Morgan fingerprint density at radius 3 is 2.31 bits per heavy atom. The molecule has 6 nitrogen and oxygen atoms in total. The monoisotopic (exact) mass is 543 g/mol. The average Bonchev–Trinajstić information content (AvgIpc) is 2.82. The summed E-state index contributed by atoms with van der Waals surface area (Å²) in [4.78, 5) is 38.3. The van der Waals surface area contributed by atoms with E-state index in [1.165, 1.54) is 6.07 Å². The van der Waals surface area contributed by atoms with E-state index in [-0.39, 0.29) is 17.2 Å². The Kier molecular flexibility index (Phi) is 9.11. The molecule has 1 N–H and O–H groups in total. The summed E-state index contributed by atoms with van der Waals surface area (Å²) in [5, 5.41) is 2.77. The molecule has 1 aliphatic carbocycles. The van der Waals surface area contributed by atoms with Gasteiger partial charge in [0.05, 0.1) is 11.1 Å². The Labute approximate surface area is 215 Å². The molecule has 0 saturated heterocycles. The highest BCUT2D eigenvalue weighted by Crippen LogP contribution is 2.36. The van der Waals surface area contributed by atoms with Crippen LogP contribution in [0.2, 0.25) is 0 Å². The first-order chi connectivity index (χ1) is 16.6. The van der Waals surface area contributed by atoms with E-state index < -0.39 is 24.5 Å². The molecule has 7 heteroatoms. The maximum Gasteiger partial charge on any atom is 0.339 e. The maximum absolute atomic E-state index is 13.1. The first-order valence-corrected chi connectivity index (χ1v) is 12.9. The number of halogens is 1. The van der Waals surface area contributed by atoms with Crippen molar-refractivity contribution in [3.8, 4) is 0 Å². The van der Waals surface area contributed by atoms with Gasteiger partial charge in [0.25, 0.3) is 5.91 Å². The molecule has 188 valence electrons. The third-order valence-corrected chi connectivity index (χ3v) is 7.78. The minimum absolute atomic E-state index is 0.0888. The fourth-order valence-electron chi connectivity index (χ4n) is 4.61.